The van der Waals surface area contributed by atoms with Gasteiger partial charge in [-0.25, -0.2) is 9.59 Å². The number of esters is 2. The number of halogens is 1. The summed E-state index contributed by atoms with van der Waals surface area (Å²) in [4.78, 5) is 35.3. The van der Waals surface area contributed by atoms with Gasteiger partial charge in [0.2, 0.25) is 0 Å². The van der Waals surface area contributed by atoms with Crippen LogP contribution in [0.1, 0.15) is 40.4 Å². The van der Waals surface area contributed by atoms with Gasteiger partial charge in [-0.3, -0.25) is 4.79 Å². The molecule has 0 saturated heterocycles. The largest absolute Gasteiger partial charge is 0.461 e. The molecule has 0 atom stereocenters. The molecule has 0 spiro atoms. The predicted molar refractivity (Wildman–Crippen MR) is 75.0 cm³/mol. The Kier molecular flexibility index (Phi) is 5.94. The fraction of sp³-hybridized carbons (Fsp3) is 0.462. The van der Waals surface area contributed by atoms with Crippen molar-refractivity contribution in [1.29, 1.82) is 0 Å². The zero-order valence-corrected chi connectivity index (χ0v) is 13.2. The first-order valence-corrected chi connectivity index (χ1v) is 7.23. The lowest BCUT2D eigenvalue weighted by atomic mass is 10.2. The molecule has 0 aliphatic rings. The Balaban J connectivity index is 3.21. The van der Waals surface area contributed by atoms with Crippen LogP contribution in [0.25, 0.3) is 0 Å². The first kappa shape index (κ1) is 16.4. The number of ether oxygens (including phenoxy) is 2. The highest BCUT2D eigenvalue weighted by atomic mass is 79.9. The van der Waals surface area contributed by atoms with Gasteiger partial charge in [-0.05, 0) is 25.5 Å². The summed E-state index contributed by atoms with van der Waals surface area (Å²) < 4.78 is 11.0. The number of ketones is 1. The topological polar surface area (TPSA) is 74.6 Å². The maximum atomic E-state index is 12.0. The quantitative estimate of drug-likeness (QED) is 0.340. The molecule has 0 aliphatic heterocycles. The van der Waals surface area contributed by atoms with Gasteiger partial charge in [-0.2, -0.15) is 0 Å². The molecule has 0 aromatic carbocycles. The molecule has 0 N–H and O–H groups in total. The summed E-state index contributed by atoms with van der Waals surface area (Å²) in [6, 6.07) is 1.49. The van der Waals surface area contributed by atoms with Crippen LogP contribution in [-0.4, -0.2) is 35.5 Å². The van der Waals surface area contributed by atoms with Crippen LogP contribution in [0.4, 0.5) is 0 Å². The molecule has 6 nitrogen and oxygen atoms in total. The Bertz CT molecular complexity index is 535. The number of nitrogens with zero attached hydrogens (tertiary/aromatic N) is 1. The highest BCUT2D eigenvalue weighted by Crippen LogP contribution is 2.20. The fourth-order valence-electron chi connectivity index (χ4n) is 1.75. The number of rotatable bonds is 6. The van der Waals surface area contributed by atoms with E-state index in [2.05, 4.69) is 20.7 Å². The van der Waals surface area contributed by atoms with Gasteiger partial charge in [0.1, 0.15) is 5.69 Å². The van der Waals surface area contributed by atoms with E-state index in [-0.39, 0.29) is 24.6 Å². The van der Waals surface area contributed by atoms with Crippen LogP contribution in [0.3, 0.4) is 0 Å². The summed E-state index contributed by atoms with van der Waals surface area (Å²) in [5.74, 6) is -2.26. The molecule has 0 unspecified atom stereocenters. The molecule has 0 saturated carbocycles. The van der Waals surface area contributed by atoms with Crippen LogP contribution in [0, 0.1) is 0 Å². The van der Waals surface area contributed by atoms with Gasteiger partial charge in [0.05, 0.1) is 18.9 Å². The maximum Gasteiger partial charge on any atom is 0.381 e. The van der Waals surface area contributed by atoms with Crippen molar-refractivity contribution in [3.63, 3.8) is 0 Å². The molecule has 20 heavy (non-hydrogen) atoms. The molecule has 0 amide bonds. The molecule has 1 aromatic heterocycles. The van der Waals surface area contributed by atoms with Crippen LogP contribution < -0.4 is 0 Å². The smallest absolute Gasteiger partial charge is 0.381 e. The third kappa shape index (κ3) is 3.27. The second kappa shape index (κ2) is 7.23. The SMILES string of the molecule is CCOC(=O)C(=O)c1cc(CBr)c(C(=O)OCC)n1C. The van der Waals surface area contributed by atoms with E-state index < -0.39 is 17.7 Å². The van der Waals surface area contributed by atoms with E-state index in [1.54, 1.807) is 13.8 Å². The van der Waals surface area contributed by atoms with E-state index in [4.69, 9.17) is 4.74 Å². The third-order valence-electron chi connectivity index (χ3n) is 2.62. The zero-order valence-electron chi connectivity index (χ0n) is 11.6. The predicted octanol–water partition coefficient (Wildman–Crippen LogP) is 1.84. The van der Waals surface area contributed by atoms with Gasteiger partial charge >= 0.3 is 11.9 Å². The highest BCUT2D eigenvalue weighted by Gasteiger charge is 2.27. The first-order chi connectivity index (χ1) is 9.47. The summed E-state index contributed by atoms with van der Waals surface area (Å²) in [5, 5.41) is 0.366. The van der Waals surface area contributed by atoms with Crippen LogP contribution >= 0.6 is 15.9 Å². The standard InChI is InChI=1S/C13H16BrNO5/c1-4-19-12(17)10-8(7-14)6-9(15(10)3)11(16)13(18)20-5-2/h6H,4-5,7H2,1-3H3. The number of Topliss-reactive ketones (excluding diaryl/α,β-unsaturated/α-hetero) is 1. The van der Waals surface area contributed by atoms with Gasteiger partial charge in [-0.1, -0.05) is 15.9 Å². The van der Waals surface area contributed by atoms with Crippen molar-refractivity contribution in [3.8, 4) is 0 Å². The number of alkyl halides is 1. The van der Waals surface area contributed by atoms with Crippen molar-refractivity contribution >= 4 is 33.7 Å². The van der Waals surface area contributed by atoms with Crippen LogP contribution in [0.2, 0.25) is 0 Å². The van der Waals surface area contributed by atoms with Gasteiger partial charge in [-0.15, -0.1) is 0 Å². The number of hydrogen-bond acceptors (Lipinski definition) is 5. The van der Waals surface area contributed by atoms with E-state index in [1.807, 2.05) is 0 Å². The highest BCUT2D eigenvalue weighted by molar-refractivity contribution is 9.08. The molecule has 0 bridgehead atoms. The number of aromatic nitrogens is 1. The Morgan fingerprint density at radius 2 is 1.80 bits per heavy atom. The lowest BCUT2D eigenvalue weighted by molar-refractivity contribution is -0.137. The average Bonchev–Trinajstić information content (AvgIpc) is 2.75. The molecular weight excluding hydrogens is 330 g/mol. The molecule has 1 rings (SSSR count). The molecule has 7 heteroatoms. The van der Waals surface area contributed by atoms with Crippen LogP contribution in [0.15, 0.2) is 6.07 Å². The Morgan fingerprint density at radius 3 is 2.30 bits per heavy atom. The van der Waals surface area contributed by atoms with Crippen molar-refractivity contribution in [2.45, 2.75) is 19.2 Å². The van der Waals surface area contributed by atoms with E-state index in [0.29, 0.717) is 10.9 Å². The van der Waals surface area contributed by atoms with Crippen molar-refractivity contribution < 1.29 is 23.9 Å². The normalized spacial score (nSPS) is 10.2. The minimum absolute atomic E-state index is 0.0981. The fourth-order valence-corrected chi connectivity index (χ4v) is 2.18. The van der Waals surface area contributed by atoms with E-state index in [1.165, 1.54) is 17.7 Å². The second-order valence-electron chi connectivity index (χ2n) is 3.87. The van der Waals surface area contributed by atoms with Crippen molar-refractivity contribution in [2.24, 2.45) is 7.05 Å². The lowest BCUT2D eigenvalue weighted by Crippen LogP contribution is -2.21. The average molecular weight is 346 g/mol. The molecular formula is C13H16BrNO5. The Hall–Kier alpha value is -1.63. The third-order valence-corrected chi connectivity index (χ3v) is 3.22. The van der Waals surface area contributed by atoms with E-state index >= 15 is 0 Å². The zero-order chi connectivity index (χ0) is 15.3. The maximum absolute atomic E-state index is 12.0. The van der Waals surface area contributed by atoms with Gasteiger partial charge in [0.15, 0.2) is 0 Å². The summed E-state index contributed by atoms with van der Waals surface area (Å²) in [6.45, 7) is 3.65. The molecule has 0 fully saturated rings. The Labute approximate surface area is 125 Å². The van der Waals surface area contributed by atoms with E-state index in [9.17, 15) is 14.4 Å². The minimum Gasteiger partial charge on any atom is -0.461 e. The van der Waals surface area contributed by atoms with Gasteiger partial charge in [0, 0.05) is 12.4 Å². The summed E-state index contributed by atoms with van der Waals surface area (Å²) >= 11 is 3.24. The molecule has 1 aromatic rings. The number of hydrogen-bond donors (Lipinski definition) is 0. The molecule has 1 heterocycles. The molecule has 0 aliphatic carbocycles. The number of carbonyl (C=O) groups is 3. The Morgan fingerprint density at radius 1 is 1.20 bits per heavy atom. The van der Waals surface area contributed by atoms with Gasteiger partial charge < -0.3 is 14.0 Å². The second-order valence-corrected chi connectivity index (χ2v) is 4.43. The summed E-state index contributed by atoms with van der Waals surface area (Å²) in [6.07, 6.45) is 0. The first-order valence-electron chi connectivity index (χ1n) is 6.10. The van der Waals surface area contributed by atoms with Crippen molar-refractivity contribution in [2.75, 3.05) is 13.2 Å². The monoisotopic (exact) mass is 345 g/mol. The molecule has 110 valence electrons. The minimum atomic E-state index is -0.940. The summed E-state index contributed by atoms with van der Waals surface area (Å²) in [7, 11) is 1.53. The van der Waals surface area contributed by atoms with E-state index in [0.717, 1.165) is 0 Å². The van der Waals surface area contributed by atoms with Crippen LogP contribution in [-0.2, 0) is 26.6 Å². The van der Waals surface area contributed by atoms with Crippen LogP contribution in [0.5, 0.6) is 0 Å². The summed E-state index contributed by atoms with van der Waals surface area (Å²) in [5.41, 5.74) is 0.927. The molecule has 0 radical (unpaired) electrons. The van der Waals surface area contributed by atoms with Crippen molar-refractivity contribution in [3.05, 3.63) is 23.0 Å². The number of carbonyl (C=O) groups excluding carboxylic acids is 3. The van der Waals surface area contributed by atoms with Crippen molar-refractivity contribution in [1.82, 2.24) is 4.57 Å². The lowest BCUT2D eigenvalue weighted by Gasteiger charge is -2.07. The van der Waals surface area contributed by atoms with Gasteiger partial charge in [0.25, 0.3) is 5.78 Å².